The molecule has 1 aliphatic heterocycles. The molecule has 1 fully saturated rings. The van der Waals surface area contributed by atoms with Gasteiger partial charge in [0.15, 0.2) is 0 Å². The molecule has 1 unspecified atom stereocenters. The van der Waals surface area contributed by atoms with Crippen molar-refractivity contribution >= 4 is 23.2 Å². The summed E-state index contributed by atoms with van der Waals surface area (Å²) in [6.45, 7) is 2.91. The fourth-order valence-corrected chi connectivity index (χ4v) is 2.37. The van der Waals surface area contributed by atoms with Gasteiger partial charge >= 0.3 is 0 Å². The molecule has 0 saturated carbocycles. The maximum absolute atomic E-state index is 12.1. The topological polar surface area (TPSA) is 32.3 Å². The van der Waals surface area contributed by atoms with E-state index in [0.29, 0.717) is 5.02 Å². The molecule has 1 aromatic rings. The van der Waals surface area contributed by atoms with E-state index in [1.165, 1.54) is 0 Å². The van der Waals surface area contributed by atoms with Crippen molar-refractivity contribution in [2.75, 3.05) is 18.9 Å². The minimum Gasteiger partial charge on any atom is -0.324 e. The van der Waals surface area contributed by atoms with Crippen LogP contribution in [0.3, 0.4) is 0 Å². The lowest BCUT2D eigenvalue weighted by molar-refractivity contribution is -0.119. The minimum absolute atomic E-state index is 0.00613. The largest absolute Gasteiger partial charge is 0.324 e. The van der Waals surface area contributed by atoms with E-state index < -0.39 is 0 Å². The Balaban J connectivity index is 2.10. The number of benzene rings is 1. The van der Waals surface area contributed by atoms with Crippen molar-refractivity contribution in [2.45, 2.75) is 25.8 Å². The van der Waals surface area contributed by atoms with Crippen molar-refractivity contribution < 1.29 is 4.79 Å². The van der Waals surface area contributed by atoms with Crippen LogP contribution in [0.5, 0.6) is 0 Å². The number of halogens is 1. The Morgan fingerprint density at radius 3 is 2.94 bits per heavy atom. The Bertz CT molecular complexity index is 433. The van der Waals surface area contributed by atoms with Crippen LogP contribution in [0.1, 0.15) is 18.4 Å². The number of likely N-dealkylation sites (N-methyl/N-ethyl adjacent to an activating group) is 1. The molecule has 1 amide bonds. The Kier molecular flexibility index (Phi) is 3.69. The van der Waals surface area contributed by atoms with Gasteiger partial charge in [-0.05, 0) is 51.1 Å². The van der Waals surface area contributed by atoms with E-state index in [9.17, 15) is 4.79 Å². The third-order valence-electron chi connectivity index (χ3n) is 3.35. The summed E-state index contributed by atoms with van der Waals surface area (Å²) in [4.78, 5) is 14.2. The van der Waals surface area contributed by atoms with Gasteiger partial charge in [-0.3, -0.25) is 9.69 Å². The maximum Gasteiger partial charge on any atom is 0.241 e. The molecule has 1 heterocycles. The van der Waals surface area contributed by atoms with Gasteiger partial charge in [-0.2, -0.15) is 0 Å². The summed E-state index contributed by atoms with van der Waals surface area (Å²) in [5.41, 5.74) is 1.73. The molecule has 2 rings (SSSR count). The summed E-state index contributed by atoms with van der Waals surface area (Å²) in [5.74, 6) is 0.0652. The van der Waals surface area contributed by atoms with Crippen LogP contribution in [0.2, 0.25) is 5.02 Å². The van der Waals surface area contributed by atoms with Gasteiger partial charge in [0, 0.05) is 10.7 Å². The number of rotatable bonds is 2. The number of nitrogens with zero attached hydrogens (tertiary/aromatic N) is 1. The SMILES string of the molecule is Cc1c(Cl)cccc1NC(=O)C1CCCN1C. The van der Waals surface area contributed by atoms with Gasteiger partial charge in [-0.1, -0.05) is 17.7 Å². The number of hydrogen-bond donors (Lipinski definition) is 1. The second-order valence-electron chi connectivity index (χ2n) is 4.54. The molecule has 92 valence electrons. The number of amides is 1. The number of carbonyl (C=O) groups excluding carboxylic acids is 1. The van der Waals surface area contributed by atoms with Crippen LogP contribution in [-0.2, 0) is 4.79 Å². The van der Waals surface area contributed by atoms with Gasteiger partial charge in [0.25, 0.3) is 0 Å². The Hall–Kier alpha value is -1.06. The van der Waals surface area contributed by atoms with Crippen LogP contribution in [0.25, 0.3) is 0 Å². The van der Waals surface area contributed by atoms with E-state index in [0.717, 1.165) is 30.6 Å². The number of nitrogens with one attached hydrogen (secondary N) is 1. The van der Waals surface area contributed by atoms with Crippen molar-refractivity contribution in [3.05, 3.63) is 28.8 Å². The smallest absolute Gasteiger partial charge is 0.241 e. The summed E-state index contributed by atoms with van der Waals surface area (Å²) in [6, 6.07) is 5.55. The first-order valence-electron chi connectivity index (χ1n) is 5.86. The van der Waals surface area contributed by atoms with Gasteiger partial charge in [-0.15, -0.1) is 0 Å². The van der Waals surface area contributed by atoms with Crippen molar-refractivity contribution in [2.24, 2.45) is 0 Å². The zero-order valence-corrected chi connectivity index (χ0v) is 10.9. The fraction of sp³-hybridized carbons (Fsp3) is 0.462. The highest BCUT2D eigenvalue weighted by Gasteiger charge is 2.27. The van der Waals surface area contributed by atoms with E-state index in [-0.39, 0.29) is 11.9 Å². The molecule has 0 aliphatic carbocycles. The second kappa shape index (κ2) is 5.07. The molecule has 3 nitrogen and oxygen atoms in total. The molecule has 17 heavy (non-hydrogen) atoms. The molecule has 0 bridgehead atoms. The number of hydrogen-bond acceptors (Lipinski definition) is 2. The average molecular weight is 253 g/mol. The van der Waals surface area contributed by atoms with Gasteiger partial charge in [0.1, 0.15) is 0 Å². The molecule has 1 N–H and O–H groups in total. The molecule has 0 radical (unpaired) electrons. The Morgan fingerprint density at radius 2 is 2.29 bits per heavy atom. The predicted octanol–water partition coefficient (Wildman–Crippen LogP) is 2.68. The van der Waals surface area contributed by atoms with Crippen LogP contribution in [-0.4, -0.2) is 30.4 Å². The Labute approximate surface area is 107 Å². The first-order valence-corrected chi connectivity index (χ1v) is 6.23. The van der Waals surface area contributed by atoms with Crippen molar-refractivity contribution in [1.82, 2.24) is 4.90 Å². The number of carbonyl (C=O) groups is 1. The van der Waals surface area contributed by atoms with Gasteiger partial charge in [0.05, 0.1) is 6.04 Å². The first-order chi connectivity index (χ1) is 8.09. The summed E-state index contributed by atoms with van der Waals surface area (Å²) < 4.78 is 0. The third-order valence-corrected chi connectivity index (χ3v) is 3.76. The number of anilines is 1. The molecule has 4 heteroatoms. The Morgan fingerprint density at radius 1 is 1.53 bits per heavy atom. The molecule has 1 aromatic carbocycles. The molecule has 1 aliphatic rings. The standard InChI is InChI=1S/C13H17ClN2O/c1-9-10(14)5-3-6-11(9)15-13(17)12-7-4-8-16(12)2/h3,5-6,12H,4,7-8H2,1-2H3,(H,15,17). The van der Waals surface area contributed by atoms with Crippen molar-refractivity contribution in [3.63, 3.8) is 0 Å². The summed E-state index contributed by atoms with van der Waals surface area (Å²) in [5, 5.41) is 3.64. The van der Waals surface area contributed by atoms with Crippen LogP contribution in [0, 0.1) is 6.92 Å². The van der Waals surface area contributed by atoms with Crippen LogP contribution >= 0.6 is 11.6 Å². The van der Waals surface area contributed by atoms with Crippen molar-refractivity contribution in [3.8, 4) is 0 Å². The molecule has 0 spiro atoms. The molecule has 0 aromatic heterocycles. The van der Waals surface area contributed by atoms with Crippen molar-refractivity contribution in [1.29, 1.82) is 0 Å². The van der Waals surface area contributed by atoms with Crippen LogP contribution < -0.4 is 5.32 Å². The molecule has 1 saturated heterocycles. The maximum atomic E-state index is 12.1. The lowest BCUT2D eigenvalue weighted by Crippen LogP contribution is -2.37. The highest BCUT2D eigenvalue weighted by molar-refractivity contribution is 6.31. The lowest BCUT2D eigenvalue weighted by Gasteiger charge is -2.19. The minimum atomic E-state index is -0.00613. The van der Waals surface area contributed by atoms with E-state index in [2.05, 4.69) is 10.2 Å². The highest BCUT2D eigenvalue weighted by atomic mass is 35.5. The third kappa shape index (κ3) is 2.61. The summed E-state index contributed by atoms with van der Waals surface area (Å²) >= 11 is 6.02. The predicted molar refractivity (Wildman–Crippen MR) is 70.5 cm³/mol. The van der Waals surface area contributed by atoms with Crippen LogP contribution in [0.4, 0.5) is 5.69 Å². The highest BCUT2D eigenvalue weighted by Crippen LogP contribution is 2.24. The summed E-state index contributed by atoms with van der Waals surface area (Å²) in [6.07, 6.45) is 2.02. The fourth-order valence-electron chi connectivity index (χ4n) is 2.20. The van der Waals surface area contributed by atoms with Gasteiger partial charge < -0.3 is 5.32 Å². The molecular weight excluding hydrogens is 236 g/mol. The normalized spacial score (nSPS) is 20.5. The van der Waals surface area contributed by atoms with E-state index in [1.807, 2.05) is 32.2 Å². The second-order valence-corrected chi connectivity index (χ2v) is 4.95. The van der Waals surface area contributed by atoms with Crippen LogP contribution in [0.15, 0.2) is 18.2 Å². The zero-order chi connectivity index (χ0) is 12.4. The van der Waals surface area contributed by atoms with Gasteiger partial charge in [-0.25, -0.2) is 0 Å². The monoisotopic (exact) mass is 252 g/mol. The molecular formula is C13H17ClN2O. The summed E-state index contributed by atoms with van der Waals surface area (Å²) in [7, 11) is 1.99. The lowest BCUT2D eigenvalue weighted by atomic mass is 10.1. The quantitative estimate of drug-likeness (QED) is 0.878. The molecule has 1 atom stereocenters. The van der Waals surface area contributed by atoms with E-state index >= 15 is 0 Å². The zero-order valence-electron chi connectivity index (χ0n) is 10.2. The number of likely N-dealkylation sites (tertiary alicyclic amines) is 1. The average Bonchev–Trinajstić information content (AvgIpc) is 2.71. The van der Waals surface area contributed by atoms with E-state index in [1.54, 1.807) is 0 Å². The van der Waals surface area contributed by atoms with E-state index in [4.69, 9.17) is 11.6 Å². The van der Waals surface area contributed by atoms with Gasteiger partial charge in [0.2, 0.25) is 5.91 Å². The first kappa shape index (κ1) is 12.4.